The zero-order chi connectivity index (χ0) is 13.1. The van der Waals surface area contributed by atoms with Crippen molar-refractivity contribution in [3.05, 3.63) is 29.3 Å². The highest BCUT2D eigenvalue weighted by atomic mass is 28.4. The van der Waals surface area contributed by atoms with Gasteiger partial charge in [-0.2, -0.15) is 0 Å². The van der Waals surface area contributed by atoms with E-state index in [9.17, 15) is 9.59 Å². The Morgan fingerprint density at radius 1 is 1.29 bits per heavy atom. The first-order chi connectivity index (χ1) is 7.87. The van der Waals surface area contributed by atoms with E-state index in [-0.39, 0.29) is 5.56 Å². The number of carbonyl (C=O) groups excluding carboxylic acids is 2. The highest BCUT2D eigenvalue weighted by Gasteiger charge is 2.18. The van der Waals surface area contributed by atoms with E-state index in [2.05, 4.69) is 4.74 Å². The third-order valence-electron chi connectivity index (χ3n) is 1.98. The number of ether oxygens (including phenoxy) is 1. The minimum absolute atomic E-state index is 0.234. The molecule has 0 amide bonds. The van der Waals surface area contributed by atoms with Crippen molar-refractivity contribution >= 4 is 20.6 Å². The quantitative estimate of drug-likeness (QED) is 0.469. The van der Waals surface area contributed by atoms with Gasteiger partial charge in [0.25, 0.3) is 0 Å². The van der Waals surface area contributed by atoms with Crippen LogP contribution in [-0.2, 0) is 4.74 Å². The number of esters is 1. The molecule has 0 saturated carbocycles. The SMILES string of the molecule is COC(=O)c1cc(O[Si](C)(C)C)ccc1C=O. The predicted molar refractivity (Wildman–Crippen MR) is 67.1 cm³/mol. The van der Waals surface area contributed by atoms with Crippen molar-refractivity contribution in [1.29, 1.82) is 0 Å². The lowest BCUT2D eigenvalue weighted by molar-refractivity contribution is 0.0598. The molecule has 0 fully saturated rings. The van der Waals surface area contributed by atoms with E-state index in [1.165, 1.54) is 7.11 Å². The molecule has 0 bridgehead atoms. The van der Waals surface area contributed by atoms with Gasteiger partial charge in [-0.25, -0.2) is 4.79 Å². The number of carbonyl (C=O) groups is 2. The van der Waals surface area contributed by atoms with Gasteiger partial charge in [-0.3, -0.25) is 4.79 Å². The highest BCUT2D eigenvalue weighted by molar-refractivity contribution is 6.70. The summed E-state index contributed by atoms with van der Waals surface area (Å²) < 4.78 is 10.4. The largest absolute Gasteiger partial charge is 0.544 e. The van der Waals surface area contributed by atoms with Gasteiger partial charge in [0.05, 0.1) is 12.7 Å². The normalized spacial score (nSPS) is 10.8. The van der Waals surface area contributed by atoms with Crippen molar-refractivity contribution in [2.75, 3.05) is 7.11 Å². The van der Waals surface area contributed by atoms with Gasteiger partial charge in [0.15, 0.2) is 6.29 Å². The summed E-state index contributed by atoms with van der Waals surface area (Å²) >= 11 is 0. The van der Waals surface area contributed by atoms with Crippen LogP contribution in [0.5, 0.6) is 5.75 Å². The number of hydrogen-bond acceptors (Lipinski definition) is 4. The molecule has 17 heavy (non-hydrogen) atoms. The molecule has 1 aromatic rings. The maximum absolute atomic E-state index is 11.5. The van der Waals surface area contributed by atoms with Gasteiger partial charge in [0.1, 0.15) is 5.75 Å². The first-order valence-corrected chi connectivity index (χ1v) is 8.65. The van der Waals surface area contributed by atoms with Crippen LogP contribution in [0, 0.1) is 0 Å². The van der Waals surface area contributed by atoms with Gasteiger partial charge >= 0.3 is 5.97 Å². The summed E-state index contributed by atoms with van der Waals surface area (Å²) in [6, 6.07) is 4.80. The van der Waals surface area contributed by atoms with Crippen LogP contribution in [0.3, 0.4) is 0 Å². The number of benzene rings is 1. The van der Waals surface area contributed by atoms with Crippen molar-refractivity contribution in [3.63, 3.8) is 0 Å². The van der Waals surface area contributed by atoms with Crippen LogP contribution in [0.2, 0.25) is 19.6 Å². The maximum atomic E-state index is 11.5. The number of rotatable bonds is 4. The summed E-state index contributed by atoms with van der Waals surface area (Å²) in [7, 11) is -0.453. The van der Waals surface area contributed by atoms with Gasteiger partial charge in [-0.1, -0.05) is 0 Å². The second-order valence-electron chi connectivity index (χ2n) is 4.57. The molecule has 0 aliphatic heterocycles. The van der Waals surface area contributed by atoms with Crippen molar-refractivity contribution in [2.45, 2.75) is 19.6 Å². The molecule has 5 heteroatoms. The van der Waals surface area contributed by atoms with Crippen LogP contribution in [0.1, 0.15) is 20.7 Å². The fraction of sp³-hybridized carbons (Fsp3) is 0.333. The summed E-state index contributed by atoms with van der Waals surface area (Å²) in [4.78, 5) is 22.3. The van der Waals surface area contributed by atoms with Crippen molar-refractivity contribution in [1.82, 2.24) is 0 Å². The van der Waals surface area contributed by atoms with Crippen LogP contribution in [0.15, 0.2) is 18.2 Å². The van der Waals surface area contributed by atoms with Gasteiger partial charge in [0, 0.05) is 5.56 Å². The molecule has 0 saturated heterocycles. The smallest absolute Gasteiger partial charge is 0.338 e. The Labute approximate surface area is 102 Å². The van der Waals surface area contributed by atoms with Crippen molar-refractivity contribution in [3.8, 4) is 5.75 Å². The van der Waals surface area contributed by atoms with Gasteiger partial charge in [0.2, 0.25) is 8.32 Å². The van der Waals surface area contributed by atoms with E-state index in [1.807, 2.05) is 19.6 Å². The molecular formula is C12H16O4Si. The Balaban J connectivity index is 3.13. The van der Waals surface area contributed by atoms with E-state index in [0.717, 1.165) is 0 Å². The minimum Gasteiger partial charge on any atom is -0.544 e. The Bertz CT molecular complexity index is 435. The van der Waals surface area contributed by atoms with E-state index in [4.69, 9.17) is 4.43 Å². The fourth-order valence-corrected chi connectivity index (χ4v) is 2.18. The molecule has 0 heterocycles. The number of methoxy groups -OCH3 is 1. The topological polar surface area (TPSA) is 52.6 Å². The lowest BCUT2D eigenvalue weighted by Gasteiger charge is -2.19. The Kier molecular flexibility index (Phi) is 4.06. The van der Waals surface area contributed by atoms with Gasteiger partial charge in [-0.05, 0) is 37.8 Å². The average Bonchev–Trinajstić information content (AvgIpc) is 2.25. The second-order valence-corrected chi connectivity index (χ2v) is 9.00. The molecular weight excluding hydrogens is 236 g/mol. The third-order valence-corrected chi connectivity index (χ3v) is 2.83. The first-order valence-electron chi connectivity index (χ1n) is 5.24. The molecule has 0 aliphatic rings. The maximum Gasteiger partial charge on any atom is 0.338 e. The number of hydrogen-bond donors (Lipinski definition) is 0. The van der Waals surface area contributed by atoms with Crippen LogP contribution < -0.4 is 4.43 Å². The lowest BCUT2D eigenvalue weighted by Crippen LogP contribution is -2.29. The van der Waals surface area contributed by atoms with E-state index < -0.39 is 14.3 Å². The Morgan fingerprint density at radius 2 is 1.94 bits per heavy atom. The Morgan fingerprint density at radius 3 is 2.41 bits per heavy atom. The standard InChI is InChI=1S/C12H16O4Si/c1-15-12(14)11-7-10(16-17(2,3)4)6-5-9(11)8-13/h5-8H,1-4H3. The van der Waals surface area contributed by atoms with E-state index in [1.54, 1.807) is 18.2 Å². The monoisotopic (exact) mass is 252 g/mol. The summed E-state index contributed by atoms with van der Waals surface area (Å²) in [6.07, 6.45) is 0.630. The van der Waals surface area contributed by atoms with E-state index in [0.29, 0.717) is 17.6 Å². The summed E-state index contributed by atoms with van der Waals surface area (Å²) in [5.41, 5.74) is 0.540. The molecule has 0 aliphatic carbocycles. The number of aldehydes is 1. The average molecular weight is 252 g/mol. The minimum atomic E-state index is -1.73. The molecule has 0 unspecified atom stereocenters. The summed E-state index contributed by atoms with van der Waals surface area (Å²) in [6.45, 7) is 6.12. The molecule has 1 rings (SSSR count). The predicted octanol–water partition coefficient (Wildman–Crippen LogP) is 2.50. The highest BCUT2D eigenvalue weighted by Crippen LogP contribution is 2.20. The zero-order valence-electron chi connectivity index (χ0n) is 10.4. The molecule has 0 radical (unpaired) electrons. The Hall–Kier alpha value is -1.62. The van der Waals surface area contributed by atoms with Crippen LogP contribution in [0.4, 0.5) is 0 Å². The molecule has 1 aromatic carbocycles. The molecule has 0 atom stereocenters. The van der Waals surface area contributed by atoms with Crippen LogP contribution in [-0.4, -0.2) is 27.7 Å². The molecule has 92 valence electrons. The van der Waals surface area contributed by atoms with Crippen molar-refractivity contribution < 1.29 is 18.8 Å². The third kappa shape index (κ3) is 3.71. The summed E-state index contributed by atoms with van der Waals surface area (Å²) in [5.74, 6) is 0.0586. The molecule has 4 nitrogen and oxygen atoms in total. The fourth-order valence-electron chi connectivity index (χ4n) is 1.34. The van der Waals surface area contributed by atoms with Crippen LogP contribution >= 0.6 is 0 Å². The van der Waals surface area contributed by atoms with Crippen molar-refractivity contribution in [2.24, 2.45) is 0 Å². The van der Waals surface area contributed by atoms with Gasteiger partial charge < -0.3 is 9.16 Å². The second kappa shape index (κ2) is 5.14. The lowest BCUT2D eigenvalue weighted by atomic mass is 10.1. The molecule has 0 N–H and O–H groups in total. The van der Waals surface area contributed by atoms with Gasteiger partial charge in [-0.15, -0.1) is 0 Å². The molecule has 0 aromatic heterocycles. The summed E-state index contributed by atoms with van der Waals surface area (Å²) in [5, 5.41) is 0. The molecule has 0 spiro atoms. The van der Waals surface area contributed by atoms with E-state index >= 15 is 0 Å². The van der Waals surface area contributed by atoms with Crippen LogP contribution in [0.25, 0.3) is 0 Å². The first kappa shape index (κ1) is 13.4. The zero-order valence-corrected chi connectivity index (χ0v) is 11.4.